The van der Waals surface area contributed by atoms with E-state index in [0.29, 0.717) is 20.6 Å². The maximum Gasteiger partial charge on any atom is 0.269 e. The van der Waals surface area contributed by atoms with E-state index in [4.69, 9.17) is 34.8 Å². The normalized spacial score (nSPS) is 10.5. The number of hydrogen-bond acceptors (Lipinski definition) is 3. The molecule has 0 aliphatic heterocycles. The molecule has 0 radical (unpaired) electrons. The van der Waals surface area contributed by atoms with Gasteiger partial charge in [0.2, 0.25) is 0 Å². The third-order valence-corrected chi connectivity index (χ3v) is 4.12. The summed E-state index contributed by atoms with van der Waals surface area (Å²) in [5, 5.41) is 11.9. The molecular weight excluding hydrogens is 349 g/mol. The molecule has 7 heteroatoms. The van der Waals surface area contributed by atoms with E-state index < -0.39 is 4.92 Å². The molecule has 114 valence electrons. The first kappa shape index (κ1) is 16.7. The molecule has 0 saturated heterocycles. The highest BCUT2D eigenvalue weighted by Gasteiger charge is 2.13. The van der Waals surface area contributed by atoms with Crippen molar-refractivity contribution in [1.82, 2.24) is 0 Å². The number of benzene rings is 2. The van der Waals surface area contributed by atoms with Crippen molar-refractivity contribution < 1.29 is 9.72 Å². The summed E-state index contributed by atoms with van der Waals surface area (Å²) < 4.78 is 0. The van der Waals surface area contributed by atoms with Crippen LogP contribution in [0.1, 0.15) is 11.1 Å². The van der Waals surface area contributed by atoms with Crippen LogP contribution in [0.4, 0.5) is 5.69 Å². The Kier molecular flexibility index (Phi) is 5.40. The quantitative estimate of drug-likeness (QED) is 0.563. The van der Waals surface area contributed by atoms with E-state index in [9.17, 15) is 14.9 Å². The minimum atomic E-state index is -0.525. The summed E-state index contributed by atoms with van der Waals surface area (Å²) >= 11 is 17.7. The molecule has 0 amide bonds. The van der Waals surface area contributed by atoms with Gasteiger partial charge >= 0.3 is 0 Å². The Bertz CT molecular complexity index is 747. The highest BCUT2D eigenvalue weighted by molar-refractivity contribution is 6.42. The third kappa shape index (κ3) is 4.19. The first-order valence-electron chi connectivity index (χ1n) is 6.25. The zero-order valence-corrected chi connectivity index (χ0v) is 13.5. The molecule has 2 rings (SSSR count). The molecule has 0 fully saturated rings. The van der Waals surface area contributed by atoms with Crippen LogP contribution in [0.5, 0.6) is 0 Å². The molecule has 0 unspecified atom stereocenters. The molecule has 0 aliphatic carbocycles. The van der Waals surface area contributed by atoms with Crippen LogP contribution in [0.25, 0.3) is 0 Å². The second-order valence-corrected chi connectivity index (χ2v) is 5.90. The molecule has 4 nitrogen and oxygen atoms in total. The molecule has 2 aromatic rings. The van der Waals surface area contributed by atoms with Crippen LogP contribution in [-0.2, 0) is 17.6 Å². The first-order chi connectivity index (χ1) is 10.4. The van der Waals surface area contributed by atoms with Gasteiger partial charge in [0, 0.05) is 30.0 Å². The average molecular weight is 359 g/mol. The lowest BCUT2D eigenvalue weighted by atomic mass is 10.0. The van der Waals surface area contributed by atoms with Crippen LogP contribution in [0.2, 0.25) is 15.1 Å². The number of non-ortho nitro benzene ring substituents is 1. The molecule has 0 aliphatic rings. The van der Waals surface area contributed by atoms with Crippen molar-refractivity contribution in [2.24, 2.45) is 0 Å². The minimum Gasteiger partial charge on any atom is -0.299 e. The molecule has 0 saturated carbocycles. The topological polar surface area (TPSA) is 60.2 Å². The molecule has 0 atom stereocenters. The Morgan fingerprint density at radius 1 is 0.955 bits per heavy atom. The standard InChI is InChI=1S/C15H10Cl3NO3/c16-13-4-2-11(19(21)22)7-10(13)8-12(20)5-9-1-3-14(17)15(18)6-9/h1-4,6-7H,5,8H2. The van der Waals surface area contributed by atoms with E-state index in [2.05, 4.69) is 0 Å². The Hall–Kier alpha value is -1.62. The van der Waals surface area contributed by atoms with Crippen molar-refractivity contribution >= 4 is 46.3 Å². The zero-order chi connectivity index (χ0) is 16.3. The second kappa shape index (κ2) is 7.09. The smallest absolute Gasteiger partial charge is 0.269 e. The predicted molar refractivity (Wildman–Crippen MR) is 87.0 cm³/mol. The number of ketones is 1. The lowest BCUT2D eigenvalue weighted by Crippen LogP contribution is -2.07. The van der Waals surface area contributed by atoms with E-state index in [-0.39, 0.29) is 24.3 Å². The molecule has 0 spiro atoms. The van der Waals surface area contributed by atoms with Crippen molar-refractivity contribution in [2.75, 3.05) is 0 Å². The number of carbonyl (C=O) groups excluding carboxylic acids is 1. The van der Waals surface area contributed by atoms with Gasteiger partial charge in [-0.25, -0.2) is 0 Å². The molecular formula is C15H10Cl3NO3. The number of nitro benzene ring substituents is 1. The van der Waals surface area contributed by atoms with Crippen molar-refractivity contribution in [1.29, 1.82) is 0 Å². The summed E-state index contributed by atoms with van der Waals surface area (Å²) in [7, 11) is 0. The molecule has 22 heavy (non-hydrogen) atoms. The van der Waals surface area contributed by atoms with Crippen LogP contribution in [0.15, 0.2) is 36.4 Å². The van der Waals surface area contributed by atoms with E-state index in [1.807, 2.05) is 0 Å². The maximum atomic E-state index is 12.1. The van der Waals surface area contributed by atoms with Gasteiger partial charge < -0.3 is 0 Å². The lowest BCUT2D eigenvalue weighted by molar-refractivity contribution is -0.384. The van der Waals surface area contributed by atoms with Crippen LogP contribution in [0.3, 0.4) is 0 Å². The minimum absolute atomic E-state index is 0.0146. The van der Waals surface area contributed by atoms with Gasteiger partial charge in [0.1, 0.15) is 5.78 Å². The number of nitro groups is 1. The molecule has 0 aromatic heterocycles. The van der Waals surface area contributed by atoms with Crippen LogP contribution < -0.4 is 0 Å². The van der Waals surface area contributed by atoms with Crippen molar-refractivity contribution in [3.63, 3.8) is 0 Å². The number of nitrogens with zero attached hydrogens (tertiary/aromatic N) is 1. The maximum absolute atomic E-state index is 12.1. The van der Waals surface area contributed by atoms with Gasteiger partial charge in [-0.2, -0.15) is 0 Å². The number of carbonyl (C=O) groups is 1. The van der Waals surface area contributed by atoms with E-state index >= 15 is 0 Å². The van der Waals surface area contributed by atoms with E-state index in [1.54, 1.807) is 18.2 Å². The monoisotopic (exact) mass is 357 g/mol. The van der Waals surface area contributed by atoms with E-state index in [1.165, 1.54) is 18.2 Å². The van der Waals surface area contributed by atoms with Crippen LogP contribution in [-0.4, -0.2) is 10.7 Å². The van der Waals surface area contributed by atoms with E-state index in [0.717, 1.165) is 5.56 Å². The second-order valence-electron chi connectivity index (χ2n) is 4.67. The fourth-order valence-electron chi connectivity index (χ4n) is 1.96. The number of hydrogen-bond donors (Lipinski definition) is 0. The van der Waals surface area contributed by atoms with Gasteiger partial charge in [0.05, 0.1) is 15.0 Å². The molecule has 0 N–H and O–H groups in total. The average Bonchev–Trinajstić information content (AvgIpc) is 2.45. The number of rotatable bonds is 5. The zero-order valence-electron chi connectivity index (χ0n) is 11.2. The first-order valence-corrected chi connectivity index (χ1v) is 7.38. The third-order valence-electron chi connectivity index (χ3n) is 3.01. The Labute approximate surface area is 141 Å². The summed E-state index contributed by atoms with van der Waals surface area (Å²) in [4.78, 5) is 22.3. The van der Waals surface area contributed by atoms with Crippen molar-refractivity contribution in [3.05, 3.63) is 72.7 Å². The van der Waals surface area contributed by atoms with Crippen molar-refractivity contribution in [3.8, 4) is 0 Å². The predicted octanol–water partition coefficient (Wildman–Crippen LogP) is 4.91. The fourth-order valence-corrected chi connectivity index (χ4v) is 2.47. The van der Waals surface area contributed by atoms with Gasteiger partial charge in [-0.3, -0.25) is 14.9 Å². The lowest BCUT2D eigenvalue weighted by Gasteiger charge is -2.05. The molecule has 0 bridgehead atoms. The largest absolute Gasteiger partial charge is 0.299 e. The SMILES string of the molecule is O=C(Cc1ccc(Cl)c(Cl)c1)Cc1cc([N+](=O)[O-])ccc1Cl. The van der Waals surface area contributed by atoms with Gasteiger partial charge in [0.15, 0.2) is 0 Å². The highest BCUT2D eigenvalue weighted by atomic mass is 35.5. The highest BCUT2D eigenvalue weighted by Crippen LogP contribution is 2.25. The van der Waals surface area contributed by atoms with Crippen molar-refractivity contribution in [2.45, 2.75) is 12.8 Å². The Balaban J connectivity index is 2.13. The number of Topliss-reactive ketones (excluding diaryl/α,β-unsaturated/α-hetero) is 1. The fraction of sp³-hybridized carbons (Fsp3) is 0.133. The summed E-state index contributed by atoms with van der Waals surface area (Å²) in [6.45, 7) is 0. The Morgan fingerprint density at radius 2 is 1.64 bits per heavy atom. The molecule has 0 heterocycles. The van der Waals surface area contributed by atoms with Crippen LogP contribution >= 0.6 is 34.8 Å². The van der Waals surface area contributed by atoms with Gasteiger partial charge in [-0.15, -0.1) is 0 Å². The number of halogens is 3. The summed E-state index contributed by atoms with van der Waals surface area (Å²) in [5.74, 6) is -0.124. The van der Waals surface area contributed by atoms with Gasteiger partial charge in [-0.1, -0.05) is 40.9 Å². The molecule has 2 aromatic carbocycles. The summed E-state index contributed by atoms with van der Waals surface area (Å²) in [6, 6.07) is 8.98. The Morgan fingerprint density at radius 3 is 2.27 bits per heavy atom. The van der Waals surface area contributed by atoms with Gasteiger partial charge in [-0.05, 0) is 29.3 Å². The van der Waals surface area contributed by atoms with Gasteiger partial charge in [0.25, 0.3) is 5.69 Å². The van der Waals surface area contributed by atoms with Crippen LogP contribution in [0, 0.1) is 10.1 Å². The summed E-state index contributed by atoms with van der Waals surface area (Å²) in [5.41, 5.74) is 1.06. The summed E-state index contributed by atoms with van der Waals surface area (Å²) in [6.07, 6.45) is 0.163.